The predicted octanol–water partition coefficient (Wildman–Crippen LogP) is 2.76. The molecule has 1 amide bonds. The number of nitrogens with one attached hydrogen (secondary N) is 2. The van der Waals surface area contributed by atoms with Crippen LogP contribution in [0.3, 0.4) is 0 Å². The minimum absolute atomic E-state index is 0.108. The molecule has 0 aliphatic heterocycles. The van der Waals surface area contributed by atoms with E-state index in [4.69, 9.17) is 5.14 Å². The van der Waals surface area contributed by atoms with Gasteiger partial charge in [0, 0.05) is 36.9 Å². The molecule has 4 N–H and O–H groups in total. The zero-order valence-corrected chi connectivity index (χ0v) is 26.2. The largest absolute Gasteiger partial charge is 0.344 e. The monoisotopic (exact) mass is 647 g/mol. The molecule has 7 rings (SSSR count). The normalized spacial score (nSPS) is 13.3. The third-order valence-corrected chi connectivity index (χ3v) is 8.59. The second-order valence-corrected chi connectivity index (χ2v) is 12.6. The lowest BCUT2D eigenvalue weighted by Crippen LogP contribution is -2.35. The van der Waals surface area contributed by atoms with Crippen molar-refractivity contribution in [1.82, 2.24) is 34.3 Å². The fourth-order valence-corrected chi connectivity index (χ4v) is 6.68. The maximum absolute atomic E-state index is 14.7. The second-order valence-electron chi connectivity index (χ2n) is 11.3. The van der Waals surface area contributed by atoms with Gasteiger partial charge < -0.3 is 5.32 Å². The number of benzene rings is 2. The van der Waals surface area contributed by atoms with Crippen molar-refractivity contribution in [2.24, 2.45) is 12.2 Å². The van der Waals surface area contributed by atoms with Crippen LogP contribution in [0, 0.1) is 11.8 Å². The van der Waals surface area contributed by atoms with Crippen molar-refractivity contribution in [1.29, 1.82) is 0 Å². The number of carbonyl (C=O) groups is 1. The summed E-state index contributed by atoms with van der Waals surface area (Å²) in [5, 5.41) is 18.0. The van der Waals surface area contributed by atoms with E-state index in [0.717, 1.165) is 34.9 Å². The maximum Gasteiger partial charge on any atom is 0.297 e. The second kappa shape index (κ2) is 11.5. The van der Waals surface area contributed by atoms with Gasteiger partial charge in [-0.3, -0.25) is 23.6 Å². The van der Waals surface area contributed by atoms with Gasteiger partial charge >= 0.3 is 0 Å². The van der Waals surface area contributed by atoms with Gasteiger partial charge in [-0.05, 0) is 67.0 Å². The molecular formula is C33H29N9O4S. The Balaban J connectivity index is 1.42. The van der Waals surface area contributed by atoms with E-state index in [1.807, 2.05) is 55.7 Å². The first kappa shape index (κ1) is 29.9. The van der Waals surface area contributed by atoms with Crippen LogP contribution in [0.2, 0.25) is 0 Å². The quantitative estimate of drug-likeness (QED) is 0.233. The van der Waals surface area contributed by atoms with Crippen LogP contribution in [0.1, 0.15) is 57.7 Å². The number of nitrogens with zero attached hydrogens (tertiary/aromatic N) is 6. The summed E-state index contributed by atoms with van der Waals surface area (Å²) in [7, 11) is -2.45. The molecule has 0 spiro atoms. The van der Waals surface area contributed by atoms with Crippen molar-refractivity contribution in [3.8, 4) is 17.5 Å². The number of rotatable bonds is 6. The molecule has 0 saturated carbocycles. The third-order valence-electron chi connectivity index (χ3n) is 8.11. The van der Waals surface area contributed by atoms with E-state index in [9.17, 15) is 18.0 Å². The topological polar surface area (TPSA) is 171 Å². The van der Waals surface area contributed by atoms with Gasteiger partial charge in [0.25, 0.3) is 21.7 Å². The molecule has 0 unspecified atom stereocenters. The number of hydrogen-bond donors (Lipinski definition) is 3. The van der Waals surface area contributed by atoms with Crippen LogP contribution in [0.4, 0.5) is 5.82 Å². The van der Waals surface area contributed by atoms with E-state index in [0.29, 0.717) is 28.8 Å². The van der Waals surface area contributed by atoms with Gasteiger partial charge in [0.15, 0.2) is 11.5 Å². The molecule has 14 heteroatoms. The number of fused-ring (bicyclic) bond motifs is 1. The molecule has 4 heterocycles. The number of anilines is 1. The first-order chi connectivity index (χ1) is 22.6. The summed E-state index contributed by atoms with van der Waals surface area (Å²) in [6.45, 7) is 1.79. The first-order valence-corrected chi connectivity index (χ1v) is 16.4. The number of hydrogen-bond acceptors (Lipinski definition) is 7. The Morgan fingerprint density at radius 1 is 1.06 bits per heavy atom. The number of pyridine rings is 1. The Bertz CT molecular complexity index is 2450. The molecule has 1 aliphatic rings. The van der Waals surface area contributed by atoms with E-state index in [-0.39, 0.29) is 22.6 Å². The molecule has 2 aromatic carbocycles. The van der Waals surface area contributed by atoms with Gasteiger partial charge in [-0.2, -0.15) is 13.5 Å². The van der Waals surface area contributed by atoms with Crippen molar-refractivity contribution in [2.45, 2.75) is 32.2 Å². The molecule has 47 heavy (non-hydrogen) atoms. The summed E-state index contributed by atoms with van der Waals surface area (Å²) in [6, 6.07) is 14.0. The van der Waals surface area contributed by atoms with Gasteiger partial charge in [0.2, 0.25) is 0 Å². The van der Waals surface area contributed by atoms with Crippen LogP contribution < -0.4 is 20.7 Å². The highest BCUT2D eigenvalue weighted by atomic mass is 32.2. The molecule has 1 aliphatic carbocycles. The highest BCUT2D eigenvalue weighted by Gasteiger charge is 2.30. The summed E-state index contributed by atoms with van der Waals surface area (Å²) < 4.78 is 30.6. The standard InChI is InChI=1S/C33H29N9O4S/c1-20(37-32(43)28-30(39-47(34,45)46)38-41-17-7-16-35-31(28)41)29-25-11-6-8-22-14-15-23(13-12-21-18-36-40(2)19-21)27(26(22)25)33(44)42(29)24-9-4-3-5-10-24/h3-5,7,9-10,14-20H,6,8,11H2,1-2H3,(H,37,43)(H,38,39)(H2,34,45,46)/t20-/m1/s1. The van der Waals surface area contributed by atoms with Crippen LogP contribution in [0.25, 0.3) is 22.1 Å². The Kier molecular flexibility index (Phi) is 7.34. The molecule has 236 valence electrons. The fraction of sp³-hybridized carbons (Fsp3) is 0.182. The summed E-state index contributed by atoms with van der Waals surface area (Å²) in [4.78, 5) is 32.9. The minimum atomic E-state index is -4.26. The molecule has 0 saturated heterocycles. The minimum Gasteiger partial charge on any atom is -0.344 e. The molecule has 6 aromatic rings. The van der Waals surface area contributed by atoms with Crippen LogP contribution in [-0.2, 0) is 30.1 Å². The molecule has 1 atom stereocenters. The van der Waals surface area contributed by atoms with E-state index in [1.54, 1.807) is 28.4 Å². The van der Waals surface area contributed by atoms with Crippen molar-refractivity contribution in [2.75, 3.05) is 4.72 Å². The Morgan fingerprint density at radius 2 is 1.87 bits per heavy atom. The maximum atomic E-state index is 14.7. The number of carbonyl (C=O) groups excluding carboxylic acids is 1. The molecule has 0 bridgehead atoms. The number of para-hydroxylation sites is 1. The molecule has 0 radical (unpaired) electrons. The first-order valence-electron chi connectivity index (χ1n) is 14.8. The summed E-state index contributed by atoms with van der Waals surface area (Å²) in [5.74, 6) is 5.43. The van der Waals surface area contributed by atoms with Crippen LogP contribution in [0.15, 0.2) is 78.1 Å². The highest BCUT2D eigenvalue weighted by Crippen LogP contribution is 2.36. The molecule has 0 fully saturated rings. The highest BCUT2D eigenvalue weighted by molar-refractivity contribution is 7.90. The van der Waals surface area contributed by atoms with Crippen molar-refractivity contribution in [3.05, 3.63) is 117 Å². The van der Waals surface area contributed by atoms with E-state index < -0.39 is 22.2 Å². The number of aromatic nitrogens is 6. The Hall–Kier alpha value is -5.78. The van der Waals surface area contributed by atoms with E-state index in [1.165, 1.54) is 16.9 Å². The van der Waals surface area contributed by atoms with Gasteiger partial charge in [-0.1, -0.05) is 36.1 Å². The van der Waals surface area contributed by atoms with Gasteiger partial charge in [0.05, 0.1) is 28.9 Å². The van der Waals surface area contributed by atoms with Crippen LogP contribution in [0.5, 0.6) is 0 Å². The van der Waals surface area contributed by atoms with Crippen molar-refractivity contribution in [3.63, 3.8) is 0 Å². The van der Waals surface area contributed by atoms with Crippen LogP contribution in [-0.4, -0.2) is 43.3 Å². The summed E-state index contributed by atoms with van der Waals surface area (Å²) in [5.41, 5.74) is 4.30. The van der Waals surface area contributed by atoms with Crippen LogP contribution >= 0.6 is 0 Å². The van der Waals surface area contributed by atoms with Crippen molar-refractivity contribution >= 4 is 38.4 Å². The predicted molar refractivity (Wildman–Crippen MR) is 176 cm³/mol. The zero-order chi connectivity index (χ0) is 32.9. The average Bonchev–Trinajstić information content (AvgIpc) is 3.63. The van der Waals surface area contributed by atoms with Crippen molar-refractivity contribution < 1.29 is 13.2 Å². The van der Waals surface area contributed by atoms with Gasteiger partial charge in [-0.15, -0.1) is 5.10 Å². The average molecular weight is 648 g/mol. The fourth-order valence-electron chi connectivity index (χ4n) is 6.27. The molecular weight excluding hydrogens is 618 g/mol. The summed E-state index contributed by atoms with van der Waals surface area (Å²) >= 11 is 0. The number of aryl methyl sites for hydroxylation is 3. The summed E-state index contributed by atoms with van der Waals surface area (Å²) in [6.07, 6.45) is 8.80. The number of nitrogens with two attached hydrogens (primary N) is 1. The lowest BCUT2D eigenvalue weighted by molar-refractivity contribution is 0.0941. The lowest BCUT2D eigenvalue weighted by Gasteiger charge is -2.28. The lowest BCUT2D eigenvalue weighted by atomic mass is 9.85. The van der Waals surface area contributed by atoms with E-state index >= 15 is 0 Å². The smallest absolute Gasteiger partial charge is 0.297 e. The Morgan fingerprint density at radius 3 is 2.62 bits per heavy atom. The third kappa shape index (κ3) is 5.51. The van der Waals surface area contributed by atoms with Gasteiger partial charge in [-0.25, -0.2) is 14.6 Å². The number of amides is 1. The molecule has 13 nitrogen and oxygen atoms in total. The molecule has 4 aromatic heterocycles. The zero-order valence-electron chi connectivity index (χ0n) is 25.4. The Labute approximate surface area is 269 Å². The van der Waals surface area contributed by atoms with E-state index in [2.05, 4.69) is 37.1 Å². The van der Waals surface area contributed by atoms with Gasteiger partial charge in [0.1, 0.15) is 5.56 Å². The SMILES string of the molecule is C[C@@H](NC(=O)c1c(NS(N)(=O)=O)nn2cccnc12)c1c2c3c(ccc(C#Cc4cnn(C)c4)c3c(=O)n1-c1ccccc1)CCC2.